The van der Waals surface area contributed by atoms with Crippen LogP contribution in [0.5, 0.6) is 5.75 Å². The van der Waals surface area contributed by atoms with Gasteiger partial charge in [0, 0.05) is 37.3 Å². The minimum atomic E-state index is -3.73. The number of nitrogens with zero attached hydrogens (tertiary/aromatic N) is 1. The average Bonchev–Trinajstić information content (AvgIpc) is 2.59. The number of sulfonamides is 1. The van der Waals surface area contributed by atoms with E-state index >= 15 is 0 Å². The van der Waals surface area contributed by atoms with Crippen molar-refractivity contribution in [1.82, 2.24) is 10.0 Å². The number of benzene rings is 2. The summed E-state index contributed by atoms with van der Waals surface area (Å²) in [5, 5.41) is 23.6. The fourth-order valence-electron chi connectivity index (χ4n) is 2.33. The third-order valence-electron chi connectivity index (χ3n) is 3.96. The highest BCUT2D eigenvalue weighted by Crippen LogP contribution is 2.21. The molecule has 9 heteroatoms. The first-order valence-corrected chi connectivity index (χ1v) is 9.43. The molecule has 2 aromatic rings. The van der Waals surface area contributed by atoms with E-state index in [0.717, 1.165) is 28.8 Å². The number of nitrogens with one attached hydrogen (secondary N) is 2. The van der Waals surface area contributed by atoms with Gasteiger partial charge in [-0.1, -0.05) is 6.07 Å². The van der Waals surface area contributed by atoms with Gasteiger partial charge in [0.15, 0.2) is 0 Å². The second-order valence-electron chi connectivity index (χ2n) is 5.89. The van der Waals surface area contributed by atoms with Gasteiger partial charge in [-0.3, -0.25) is 10.1 Å². The number of aryl methyl sites for hydroxylation is 2. The lowest BCUT2D eigenvalue weighted by atomic mass is 10.1. The van der Waals surface area contributed by atoms with Gasteiger partial charge < -0.3 is 10.4 Å². The molecule has 2 rings (SSSR count). The van der Waals surface area contributed by atoms with Crippen molar-refractivity contribution in [2.24, 2.45) is 0 Å². The Morgan fingerprint density at radius 2 is 1.69 bits per heavy atom. The van der Waals surface area contributed by atoms with Crippen molar-refractivity contribution >= 4 is 15.7 Å². The van der Waals surface area contributed by atoms with Crippen molar-refractivity contribution in [2.45, 2.75) is 25.3 Å². The van der Waals surface area contributed by atoms with Crippen molar-refractivity contribution in [2.75, 3.05) is 13.1 Å². The van der Waals surface area contributed by atoms with Gasteiger partial charge in [0.2, 0.25) is 10.0 Å². The van der Waals surface area contributed by atoms with Crippen LogP contribution >= 0.6 is 0 Å². The Morgan fingerprint density at radius 3 is 2.31 bits per heavy atom. The summed E-state index contributed by atoms with van der Waals surface area (Å²) in [6, 6.07) is 8.27. The molecule has 0 aliphatic heterocycles. The van der Waals surface area contributed by atoms with E-state index in [0.29, 0.717) is 13.1 Å². The van der Waals surface area contributed by atoms with Crippen LogP contribution < -0.4 is 10.0 Å². The third-order valence-corrected chi connectivity index (χ3v) is 5.44. The Bertz CT molecular complexity index is 895. The van der Waals surface area contributed by atoms with Crippen molar-refractivity contribution in [3.05, 3.63) is 63.2 Å². The molecule has 0 saturated carbocycles. The molecule has 3 N–H and O–H groups in total. The molecule has 0 radical (unpaired) electrons. The maximum Gasteiger partial charge on any atom is 0.269 e. The van der Waals surface area contributed by atoms with Crippen molar-refractivity contribution < 1.29 is 18.4 Å². The maximum absolute atomic E-state index is 12.1. The number of nitro groups is 1. The number of aromatic hydroxyl groups is 1. The largest absolute Gasteiger partial charge is 0.508 e. The second kappa shape index (κ2) is 8.26. The number of non-ortho nitro benzene ring substituents is 1. The van der Waals surface area contributed by atoms with E-state index in [2.05, 4.69) is 10.0 Å². The van der Waals surface area contributed by atoms with Crippen molar-refractivity contribution in [3.8, 4) is 5.75 Å². The predicted molar refractivity (Wildman–Crippen MR) is 97.6 cm³/mol. The molecule has 0 bridgehead atoms. The van der Waals surface area contributed by atoms with Gasteiger partial charge in [-0.2, -0.15) is 0 Å². The van der Waals surface area contributed by atoms with Crippen molar-refractivity contribution in [3.63, 3.8) is 0 Å². The Morgan fingerprint density at radius 1 is 1.08 bits per heavy atom. The molecular weight excluding hydrogens is 358 g/mol. The predicted octanol–water partition coefficient (Wildman–Crippen LogP) is 1.99. The van der Waals surface area contributed by atoms with E-state index in [4.69, 9.17) is 0 Å². The van der Waals surface area contributed by atoms with E-state index in [-0.39, 0.29) is 22.9 Å². The van der Waals surface area contributed by atoms with Crippen LogP contribution in [0.3, 0.4) is 0 Å². The van der Waals surface area contributed by atoms with Gasteiger partial charge in [0.25, 0.3) is 5.69 Å². The molecule has 8 nitrogen and oxygen atoms in total. The maximum atomic E-state index is 12.1. The summed E-state index contributed by atoms with van der Waals surface area (Å²) in [5.74, 6) is 0.201. The Balaban J connectivity index is 1.85. The van der Waals surface area contributed by atoms with Crippen LogP contribution in [-0.4, -0.2) is 31.5 Å². The smallest absolute Gasteiger partial charge is 0.269 e. The lowest BCUT2D eigenvalue weighted by Crippen LogP contribution is -2.31. The molecule has 26 heavy (non-hydrogen) atoms. The molecule has 0 heterocycles. The van der Waals surface area contributed by atoms with Crippen LogP contribution in [0.2, 0.25) is 0 Å². The van der Waals surface area contributed by atoms with E-state index in [1.165, 1.54) is 12.1 Å². The third kappa shape index (κ3) is 5.01. The summed E-state index contributed by atoms with van der Waals surface area (Å²) in [4.78, 5) is 9.98. The molecule has 0 aromatic heterocycles. The van der Waals surface area contributed by atoms with Gasteiger partial charge in [-0.25, -0.2) is 13.1 Å². The second-order valence-corrected chi connectivity index (χ2v) is 7.66. The first-order valence-electron chi connectivity index (χ1n) is 7.94. The zero-order valence-corrected chi connectivity index (χ0v) is 15.3. The first-order chi connectivity index (χ1) is 12.2. The minimum absolute atomic E-state index is 0.0325. The molecular formula is C17H21N3O5S. The van der Waals surface area contributed by atoms with Crippen LogP contribution in [0.4, 0.5) is 5.69 Å². The fraction of sp³-hybridized carbons (Fsp3) is 0.294. The number of rotatable bonds is 8. The van der Waals surface area contributed by atoms with Crippen LogP contribution in [0.1, 0.15) is 16.7 Å². The zero-order valence-electron chi connectivity index (χ0n) is 14.5. The quantitative estimate of drug-likeness (QED) is 0.366. The normalized spacial score (nSPS) is 11.5. The van der Waals surface area contributed by atoms with Crippen LogP contribution in [0.25, 0.3) is 0 Å². The SMILES string of the molecule is Cc1cc(O)c(CNCCNS(=O)(=O)c2ccc([N+](=O)[O-])cc2)cc1C. The van der Waals surface area contributed by atoms with E-state index < -0.39 is 14.9 Å². The van der Waals surface area contributed by atoms with E-state index in [9.17, 15) is 23.6 Å². The van der Waals surface area contributed by atoms with Gasteiger partial charge in [0.05, 0.1) is 9.82 Å². The number of hydrogen-bond donors (Lipinski definition) is 3. The lowest BCUT2D eigenvalue weighted by Gasteiger charge is -2.10. The number of nitro benzene ring substituents is 1. The highest BCUT2D eigenvalue weighted by atomic mass is 32.2. The molecule has 2 aromatic carbocycles. The van der Waals surface area contributed by atoms with Gasteiger partial charge in [-0.05, 0) is 43.2 Å². The van der Waals surface area contributed by atoms with Crippen molar-refractivity contribution in [1.29, 1.82) is 0 Å². The number of phenolic OH excluding ortho intramolecular Hbond substituents is 1. The fourth-order valence-corrected chi connectivity index (χ4v) is 3.36. The average molecular weight is 379 g/mol. The summed E-state index contributed by atoms with van der Waals surface area (Å²) in [6.07, 6.45) is 0. The molecule has 140 valence electrons. The summed E-state index contributed by atoms with van der Waals surface area (Å²) < 4.78 is 26.7. The summed E-state index contributed by atoms with van der Waals surface area (Å²) in [7, 11) is -3.73. The van der Waals surface area contributed by atoms with Gasteiger partial charge in [-0.15, -0.1) is 0 Å². The first kappa shape index (κ1) is 19.8. The van der Waals surface area contributed by atoms with Crippen LogP contribution in [-0.2, 0) is 16.6 Å². The molecule has 0 fully saturated rings. The van der Waals surface area contributed by atoms with Gasteiger partial charge in [0.1, 0.15) is 5.75 Å². The zero-order chi connectivity index (χ0) is 19.3. The van der Waals surface area contributed by atoms with Crippen LogP contribution in [0, 0.1) is 24.0 Å². The molecule has 0 atom stereocenters. The Hall–Kier alpha value is -2.49. The Labute approximate surface area is 152 Å². The molecule has 0 unspecified atom stereocenters. The van der Waals surface area contributed by atoms with E-state index in [1.54, 1.807) is 6.07 Å². The molecule has 0 aliphatic carbocycles. The Kier molecular flexibility index (Phi) is 6.30. The van der Waals surface area contributed by atoms with Crippen LogP contribution in [0.15, 0.2) is 41.3 Å². The highest BCUT2D eigenvalue weighted by molar-refractivity contribution is 7.89. The van der Waals surface area contributed by atoms with Gasteiger partial charge >= 0.3 is 0 Å². The topological polar surface area (TPSA) is 122 Å². The highest BCUT2D eigenvalue weighted by Gasteiger charge is 2.15. The summed E-state index contributed by atoms with van der Waals surface area (Å²) in [5.41, 5.74) is 2.64. The van der Waals surface area contributed by atoms with E-state index in [1.807, 2.05) is 19.9 Å². The summed E-state index contributed by atoms with van der Waals surface area (Å²) in [6.45, 7) is 4.78. The standard InChI is InChI=1S/C17H21N3O5S/c1-12-9-14(17(21)10-13(12)2)11-18-7-8-19-26(24,25)16-5-3-15(4-6-16)20(22)23/h3-6,9-10,18-19,21H,7-8,11H2,1-2H3. The molecule has 0 aliphatic rings. The lowest BCUT2D eigenvalue weighted by molar-refractivity contribution is -0.384. The minimum Gasteiger partial charge on any atom is -0.508 e. The number of phenols is 1. The molecule has 0 spiro atoms. The summed E-state index contributed by atoms with van der Waals surface area (Å²) >= 11 is 0. The molecule has 0 amide bonds. The molecule has 0 saturated heterocycles. The number of hydrogen-bond acceptors (Lipinski definition) is 6. The monoisotopic (exact) mass is 379 g/mol.